The molecule has 2 aromatic heterocycles. The molecule has 3 heterocycles. The summed E-state index contributed by atoms with van der Waals surface area (Å²) < 4.78 is 0. The van der Waals surface area contributed by atoms with Crippen molar-refractivity contribution >= 4 is 5.91 Å². The number of carbonyl (C=O) groups excluding carboxylic acids is 1. The van der Waals surface area contributed by atoms with E-state index in [4.69, 9.17) is 0 Å². The van der Waals surface area contributed by atoms with Crippen molar-refractivity contribution in [2.24, 2.45) is 5.92 Å². The highest BCUT2D eigenvalue weighted by Gasteiger charge is 2.29. The Labute approximate surface area is 190 Å². The van der Waals surface area contributed by atoms with E-state index in [1.54, 1.807) is 6.20 Å². The third-order valence-corrected chi connectivity index (χ3v) is 6.12. The van der Waals surface area contributed by atoms with Crippen molar-refractivity contribution in [1.82, 2.24) is 24.8 Å². The lowest BCUT2D eigenvalue weighted by Gasteiger charge is -2.23. The third-order valence-electron chi connectivity index (χ3n) is 6.12. The number of pyridine rings is 1. The predicted molar refractivity (Wildman–Crippen MR) is 126 cm³/mol. The quantitative estimate of drug-likeness (QED) is 0.574. The predicted octanol–water partition coefficient (Wildman–Crippen LogP) is 3.62. The van der Waals surface area contributed by atoms with Crippen LogP contribution in [0.15, 0.2) is 61.2 Å². The summed E-state index contributed by atoms with van der Waals surface area (Å²) in [5.41, 5.74) is 4.52. The molecule has 4 rings (SSSR count). The molecule has 1 atom stereocenters. The number of aryl methyl sites for hydroxylation is 1. The second kappa shape index (κ2) is 10.5. The number of hydrogen-bond donors (Lipinski definition) is 0. The highest BCUT2D eigenvalue weighted by molar-refractivity contribution is 5.79. The van der Waals surface area contributed by atoms with Crippen molar-refractivity contribution in [3.63, 3.8) is 0 Å². The number of benzene rings is 1. The first kappa shape index (κ1) is 22.1. The summed E-state index contributed by atoms with van der Waals surface area (Å²) in [6.45, 7) is 8.01. The average Bonchev–Trinajstić information content (AvgIpc) is 2.99. The van der Waals surface area contributed by atoms with Gasteiger partial charge >= 0.3 is 0 Å². The molecule has 32 heavy (non-hydrogen) atoms. The Bertz CT molecular complexity index is 1000. The van der Waals surface area contributed by atoms with E-state index >= 15 is 0 Å². The first-order valence-electron chi connectivity index (χ1n) is 11.5. The first-order chi connectivity index (χ1) is 15.7. The van der Waals surface area contributed by atoms with Crippen molar-refractivity contribution in [1.29, 1.82) is 0 Å². The molecule has 6 heteroatoms. The van der Waals surface area contributed by atoms with Crippen molar-refractivity contribution in [2.75, 3.05) is 26.2 Å². The Morgan fingerprint density at radius 1 is 0.938 bits per heavy atom. The maximum atomic E-state index is 13.2. The standard InChI is InChI=1S/C26H31N5O/c1-3-25-28-15-21(16-29-25)18-30-12-13-31(4-2)26(32)24(19-30)14-20-7-9-22(10-8-20)23-6-5-11-27-17-23/h5-11,15-17,24H,3-4,12-14,18-19H2,1-2H3/t24-/m1/s1. The fraction of sp³-hybridized carbons (Fsp3) is 0.385. The van der Waals surface area contributed by atoms with Gasteiger partial charge in [0.05, 0.1) is 5.92 Å². The van der Waals surface area contributed by atoms with Crippen LogP contribution in [-0.2, 0) is 24.2 Å². The minimum atomic E-state index is -0.0578. The summed E-state index contributed by atoms with van der Waals surface area (Å²) in [4.78, 5) is 30.6. The molecule has 3 aromatic rings. The van der Waals surface area contributed by atoms with Gasteiger partial charge in [-0.1, -0.05) is 37.3 Å². The molecule has 0 saturated carbocycles. The summed E-state index contributed by atoms with van der Waals surface area (Å²) in [5, 5.41) is 0. The van der Waals surface area contributed by atoms with Gasteiger partial charge in [0.15, 0.2) is 0 Å². The van der Waals surface area contributed by atoms with Crippen LogP contribution in [0.2, 0.25) is 0 Å². The fourth-order valence-electron chi connectivity index (χ4n) is 4.28. The molecule has 1 fully saturated rings. The van der Waals surface area contributed by atoms with Gasteiger partial charge in [0.2, 0.25) is 5.91 Å². The number of likely N-dealkylation sites (N-methyl/N-ethyl adjacent to an activating group) is 1. The van der Waals surface area contributed by atoms with E-state index in [9.17, 15) is 4.79 Å². The average molecular weight is 430 g/mol. The number of carbonyl (C=O) groups is 1. The van der Waals surface area contributed by atoms with Crippen LogP contribution in [0, 0.1) is 5.92 Å². The topological polar surface area (TPSA) is 62.2 Å². The van der Waals surface area contributed by atoms with E-state index in [-0.39, 0.29) is 11.8 Å². The lowest BCUT2D eigenvalue weighted by Crippen LogP contribution is -2.37. The highest BCUT2D eigenvalue weighted by Crippen LogP contribution is 2.22. The van der Waals surface area contributed by atoms with Gasteiger partial charge in [0, 0.05) is 69.5 Å². The largest absolute Gasteiger partial charge is 0.341 e. The highest BCUT2D eigenvalue weighted by atomic mass is 16.2. The molecule has 0 bridgehead atoms. The van der Waals surface area contributed by atoms with Gasteiger partial charge in [-0.05, 0) is 36.1 Å². The molecule has 0 spiro atoms. The van der Waals surface area contributed by atoms with E-state index in [2.05, 4.69) is 64.0 Å². The van der Waals surface area contributed by atoms with Gasteiger partial charge in [-0.3, -0.25) is 14.7 Å². The Hall–Kier alpha value is -3.12. The summed E-state index contributed by atoms with van der Waals surface area (Å²) in [6.07, 6.45) is 9.07. The zero-order valence-electron chi connectivity index (χ0n) is 18.9. The second-order valence-electron chi connectivity index (χ2n) is 8.35. The Balaban J connectivity index is 1.47. The molecule has 166 valence electrons. The van der Waals surface area contributed by atoms with Gasteiger partial charge in [0.25, 0.3) is 0 Å². The van der Waals surface area contributed by atoms with Crippen LogP contribution in [0.3, 0.4) is 0 Å². The van der Waals surface area contributed by atoms with Crippen molar-refractivity contribution < 1.29 is 4.79 Å². The number of amides is 1. The number of nitrogens with zero attached hydrogens (tertiary/aromatic N) is 5. The maximum Gasteiger partial charge on any atom is 0.227 e. The zero-order valence-corrected chi connectivity index (χ0v) is 18.9. The van der Waals surface area contributed by atoms with Crippen molar-refractivity contribution in [2.45, 2.75) is 33.2 Å². The molecule has 0 aliphatic carbocycles. The van der Waals surface area contributed by atoms with Crippen LogP contribution in [0.4, 0.5) is 0 Å². The van der Waals surface area contributed by atoms with E-state index < -0.39 is 0 Å². The molecule has 1 saturated heterocycles. The van der Waals surface area contributed by atoms with E-state index in [0.29, 0.717) is 0 Å². The first-order valence-corrected chi connectivity index (χ1v) is 11.5. The molecular formula is C26H31N5O. The SMILES string of the molecule is CCc1ncc(CN2CCN(CC)C(=O)[C@H](Cc3ccc(-c4cccnc4)cc3)C2)cn1. The van der Waals surface area contributed by atoms with E-state index in [1.165, 1.54) is 5.56 Å². The lowest BCUT2D eigenvalue weighted by molar-refractivity contribution is -0.134. The minimum absolute atomic E-state index is 0.0578. The smallest absolute Gasteiger partial charge is 0.227 e. The second-order valence-corrected chi connectivity index (χ2v) is 8.35. The molecule has 1 aromatic carbocycles. The molecule has 1 amide bonds. The fourth-order valence-corrected chi connectivity index (χ4v) is 4.28. The van der Waals surface area contributed by atoms with Crippen molar-refractivity contribution in [3.05, 3.63) is 78.1 Å². The third kappa shape index (κ3) is 5.37. The molecule has 0 radical (unpaired) electrons. The summed E-state index contributed by atoms with van der Waals surface area (Å²) >= 11 is 0. The molecule has 1 aliphatic rings. The molecular weight excluding hydrogens is 398 g/mol. The van der Waals surface area contributed by atoms with Gasteiger partial charge in [-0.15, -0.1) is 0 Å². The lowest BCUT2D eigenvalue weighted by atomic mass is 9.96. The van der Waals surface area contributed by atoms with Crippen LogP contribution in [0.5, 0.6) is 0 Å². The van der Waals surface area contributed by atoms with Gasteiger partial charge in [-0.25, -0.2) is 9.97 Å². The number of aromatic nitrogens is 3. The number of hydrogen-bond acceptors (Lipinski definition) is 5. The van der Waals surface area contributed by atoms with Gasteiger partial charge in [0.1, 0.15) is 5.82 Å². The Morgan fingerprint density at radius 2 is 1.72 bits per heavy atom. The maximum absolute atomic E-state index is 13.2. The molecule has 1 aliphatic heterocycles. The van der Waals surface area contributed by atoms with Crippen LogP contribution in [0.1, 0.15) is 30.8 Å². The minimum Gasteiger partial charge on any atom is -0.341 e. The summed E-state index contributed by atoms with van der Waals surface area (Å²) in [7, 11) is 0. The van der Waals surface area contributed by atoms with Gasteiger partial charge in [-0.2, -0.15) is 0 Å². The van der Waals surface area contributed by atoms with E-state index in [0.717, 1.165) is 68.1 Å². The van der Waals surface area contributed by atoms with Crippen molar-refractivity contribution in [3.8, 4) is 11.1 Å². The Kier molecular flexibility index (Phi) is 7.22. The van der Waals surface area contributed by atoms with Crippen LogP contribution < -0.4 is 0 Å². The normalized spacial score (nSPS) is 17.4. The van der Waals surface area contributed by atoms with Gasteiger partial charge < -0.3 is 4.90 Å². The number of rotatable bonds is 7. The van der Waals surface area contributed by atoms with Crippen LogP contribution >= 0.6 is 0 Å². The summed E-state index contributed by atoms with van der Waals surface area (Å²) in [5.74, 6) is 1.06. The van der Waals surface area contributed by atoms with Crippen LogP contribution in [-0.4, -0.2) is 56.8 Å². The molecule has 6 nitrogen and oxygen atoms in total. The molecule has 0 unspecified atom stereocenters. The summed E-state index contributed by atoms with van der Waals surface area (Å²) in [6, 6.07) is 12.5. The molecule has 0 N–H and O–H groups in total. The Morgan fingerprint density at radius 3 is 2.38 bits per heavy atom. The van der Waals surface area contributed by atoms with Crippen LogP contribution in [0.25, 0.3) is 11.1 Å². The van der Waals surface area contributed by atoms with E-state index in [1.807, 2.05) is 29.6 Å². The monoisotopic (exact) mass is 429 g/mol. The zero-order chi connectivity index (χ0) is 22.3.